The Morgan fingerprint density at radius 3 is 2.79 bits per heavy atom. The molecule has 0 saturated carbocycles. The van der Waals surface area contributed by atoms with Gasteiger partial charge in [-0.1, -0.05) is 68.8 Å². The maximum Gasteiger partial charge on any atom is 0.350 e. The topological polar surface area (TPSA) is 172 Å². The first-order chi connectivity index (χ1) is 27.5. The monoisotopic (exact) mass is 777 g/mol. The van der Waals surface area contributed by atoms with E-state index in [2.05, 4.69) is 70.2 Å². The molecule has 2 aliphatic heterocycles. The van der Waals surface area contributed by atoms with E-state index in [0.29, 0.717) is 30.3 Å². The number of esters is 1. The number of nitrogens with one attached hydrogen (secondary N) is 4. The molecule has 1 saturated heterocycles. The maximum atomic E-state index is 14.8. The molecule has 3 heterocycles. The largest absolute Gasteiger partial charge is 0.463 e. The van der Waals surface area contributed by atoms with E-state index < -0.39 is 23.0 Å². The first-order valence-electron chi connectivity index (χ1n) is 20.7. The third-order valence-corrected chi connectivity index (χ3v) is 12.5. The van der Waals surface area contributed by atoms with Gasteiger partial charge >= 0.3 is 5.97 Å². The van der Waals surface area contributed by atoms with Crippen molar-refractivity contribution in [1.29, 1.82) is 0 Å². The first kappa shape index (κ1) is 40.5. The lowest BCUT2D eigenvalue weighted by molar-refractivity contribution is -0.150. The fraction of sp³-hybridized carbons (Fsp3) is 0.533. The highest BCUT2D eigenvalue weighted by Gasteiger charge is 2.85. The molecule has 3 aliphatic carbocycles. The summed E-state index contributed by atoms with van der Waals surface area (Å²) in [5, 5.41) is 13.7. The molecule has 0 bridgehead atoms. The molecule has 0 amide bonds. The normalized spacial score (nSPS) is 28.4. The quantitative estimate of drug-likeness (QED) is 0.0409. The molecule has 7 atom stereocenters. The minimum atomic E-state index is -2.06. The van der Waals surface area contributed by atoms with E-state index in [1.807, 2.05) is 38.2 Å². The van der Waals surface area contributed by atoms with Crippen molar-refractivity contribution in [3.8, 4) is 0 Å². The number of aromatic nitrogens is 1. The van der Waals surface area contributed by atoms with E-state index in [1.54, 1.807) is 19.3 Å². The van der Waals surface area contributed by atoms with Crippen LogP contribution in [0.15, 0.2) is 70.9 Å². The van der Waals surface area contributed by atoms with Gasteiger partial charge < -0.3 is 36.5 Å². The van der Waals surface area contributed by atoms with E-state index in [9.17, 15) is 14.4 Å². The molecule has 0 spiro atoms. The smallest absolute Gasteiger partial charge is 0.350 e. The number of epoxide rings is 1. The number of Topliss-reactive ketones (excluding diaryl/α,β-unsaturated/α-hetero) is 2. The molecule has 12 nitrogen and oxygen atoms in total. The predicted molar refractivity (Wildman–Crippen MR) is 222 cm³/mol. The number of guanidine groups is 1. The zero-order chi connectivity index (χ0) is 40.5. The molecule has 1 aromatic heterocycles. The molecule has 1 fully saturated rings. The average molecular weight is 778 g/mol. The number of nitrogens with two attached hydrogens (primary N) is 1. The number of hydrogen-bond acceptors (Lipinski definition) is 10. The number of hydrogen-bond donors (Lipinski definition) is 5. The van der Waals surface area contributed by atoms with Crippen molar-refractivity contribution < 1.29 is 23.9 Å². The minimum absolute atomic E-state index is 0.0146. The van der Waals surface area contributed by atoms with E-state index >= 15 is 0 Å². The number of carbonyl (C=O) groups excluding carboxylic acids is 3. The number of allylic oxidation sites excluding steroid dienone is 3. The molecule has 2 aromatic rings. The van der Waals surface area contributed by atoms with Gasteiger partial charge in [0.15, 0.2) is 17.3 Å². The highest BCUT2D eigenvalue weighted by Crippen LogP contribution is 2.59. The summed E-state index contributed by atoms with van der Waals surface area (Å²) >= 11 is 0. The van der Waals surface area contributed by atoms with Crippen molar-refractivity contribution in [3.63, 3.8) is 0 Å². The van der Waals surface area contributed by atoms with Gasteiger partial charge in [0.05, 0.1) is 18.8 Å². The van der Waals surface area contributed by atoms with Gasteiger partial charge in [0, 0.05) is 42.8 Å². The second-order valence-electron chi connectivity index (χ2n) is 16.7. The fourth-order valence-electron chi connectivity index (χ4n) is 9.52. The molecule has 7 unspecified atom stereocenters. The van der Waals surface area contributed by atoms with Gasteiger partial charge in [-0.25, -0.2) is 9.78 Å². The molecular formula is C45H59N7O5. The molecule has 57 heavy (non-hydrogen) atoms. The number of anilines is 1. The van der Waals surface area contributed by atoms with Crippen LogP contribution in [0.3, 0.4) is 0 Å². The van der Waals surface area contributed by atoms with Gasteiger partial charge in [0.2, 0.25) is 5.78 Å². The highest BCUT2D eigenvalue weighted by atomic mass is 16.7. The molecule has 1 aromatic carbocycles. The number of ketones is 2. The summed E-state index contributed by atoms with van der Waals surface area (Å²) in [6, 6.07) is 7.13. The van der Waals surface area contributed by atoms with E-state index in [4.69, 9.17) is 15.2 Å². The number of ether oxygens (including phenoxy) is 2. The Hall–Kier alpha value is -4.65. The van der Waals surface area contributed by atoms with Crippen LogP contribution < -0.4 is 27.0 Å². The van der Waals surface area contributed by atoms with Gasteiger partial charge in [-0.05, 0) is 106 Å². The molecule has 6 N–H and O–H groups in total. The van der Waals surface area contributed by atoms with Crippen molar-refractivity contribution in [3.05, 3.63) is 93.7 Å². The molecule has 5 aliphatic rings. The van der Waals surface area contributed by atoms with Crippen molar-refractivity contribution >= 4 is 29.3 Å². The average Bonchev–Trinajstić information content (AvgIpc) is 3.92. The Balaban J connectivity index is 1.19. The molecule has 304 valence electrons. The lowest BCUT2D eigenvalue weighted by Gasteiger charge is -2.36. The number of aliphatic imine (C=N–C) groups is 1. The van der Waals surface area contributed by atoms with Crippen LogP contribution in [0.1, 0.15) is 110 Å². The number of fused-ring (bicyclic) bond motifs is 4. The van der Waals surface area contributed by atoms with E-state index in [1.165, 1.54) is 5.57 Å². The van der Waals surface area contributed by atoms with E-state index in [0.717, 1.165) is 66.7 Å². The molecule has 7 rings (SSSR count). The number of carbonyl (C=O) groups is 3. The molecular weight excluding hydrogens is 719 g/mol. The SMILES string of the molecule is CCNC1C=C2C=CCCC2CC1COC(=O)C12OC1(CC=C(C)CC(NC(N)=NC)c1ccnc3c1CCC(NC)N3)C(=O)c1cccc(CC(C)C)c1C2=O. The first-order valence-corrected chi connectivity index (χ1v) is 20.7. The second kappa shape index (κ2) is 16.7. The van der Waals surface area contributed by atoms with Gasteiger partial charge in [-0.15, -0.1) is 0 Å². The summed E-state index contributed by atoms with van der Waals surface area (Å²) in [5.74, 6) is 0.123. The standard InChI is InChI=1S/C45H59N7O5/c1-7-49-35-24-29-12-9-8-11-28(29)23-31(35)25-56-42(55)45-40(54)38-30(21-26(2)3)13-10-14-34(38)39(53)44(45,57-45)19-17-27(4)22-36(51-43(46)48-6)32-18-20-50-41-33(32)15-16-37(47-5)52-41/h9-10,12-14,17-18,20,24,26,28,31,35-37,47,49H,7-8,11,15-16,19,21-23,25H2,1-6H3,(H,50,52)(H3,46,48,51). The lowest BCUT2D eigenvalue weighted by atomic mass is 9.70. The zero-order valence-corrected chi connectivity index (χ0v) is 34.2. The second-order valence-corrected chi connectivity index (χ2v) is 16.7. The zero-order valence-electron chi connectivity index (χ0n) is 34.2. The van der Waals surface area contributed by atoms with Gasteiger partial charge in [-0.2, -0.15) is 0 Å². The van der Waals surface area contributed by atoms with Gasteiger partial charge in [0.1, 0.15) is 5.82 Å². The summed E-state index contributed by atoms with van der Waals surface area (Å²) in [6.45, 7) is 9.06. The van der Waals surface area contributed by atoms with Crippen LogP contribution in [0.25, 0.3) is 0 Å². The van der Waals surface area contributed by atoms with Crippen LogP contribution in [0.4, 0.5) is 5.82 Å². The van der Waals surface area contributed by atoms with Crippen LogP contribution in [0, 0.1) is 17.8 Å². The number of nitrogens with zero attached hydrogens (tertiary/aromatic N) is 2. The maximum absolute atomic E-state index is 14.8. The third-order valence-electron chi connectivity index (χ3n) is 12.5. The molecule has 0 radical (unpaired) electrons. The Bertz CT molecular complexity index is 2020. The Morgan fingerprint density at radius 1 is 1.21 bits per heavy atom. The summed E-state index contributed by atoms with van der Waals surface area (Å²) in [4.78, 5) is 52.9. The lowest BCUT2D eigenvalue weighted by Crippen LogP contribution is -2.51. The number of rotatable bonds is 14. The van der Waals surface area contributed by atoms with Crippen molar-refractivity contribution in [2.75, 3.05) is 32.6 Å². The summed E-state index contributed by atoms with van der Waals surface area (Å²) in [7, 11) is 3.56. The number of pyridine rings is 1. The number of likely N-dealkylation sites (N-methyl/N-ethyl adjacent to an activating group) is 1. The molecule has 12 heteroatoms. The Kier molecular flexibility index (Phi) is 11.9. The fourth-order valence-corrected chi connectivity index (χ4v) is 9.52. The Morgan fingerprint density at radius 2 is 2.04 bits per heavy atom. The van der Waals surface area contributed by atoms with Gasteiger partial charge in [-0.3, -0.25) is 14.6 Å². The van der Waals surface area contributed by atoms with Crippen molar-refractivity contribution in [1.82, 2.24) is 20.9 Å². The van der Waals surface area contributed by atoms with Crippen molar-refractivity contribution in [2.45, 2.75) is 109 Å². The van der Waals surface area contributed by atoms with Crippen LogP contribution in [0.5, 0.6) is 0 Å². The van der Waals surface area contributed by atoms with Crippen LogP contribution in [0.2, 0.25) is 0 Å². The van der Waals surface area contributed by atoms with Gasteiger partial charge in [0.25, 0.3) is 5.60 Å². The van der Waals surface area contributed by atoms with Crippen molar-refractivity contribution in [2.24, 2.45) is 28.5 Å². The summed E-state index contributed by atoms with van der Waals surface area (Å²) < 4.78 is 12.5. The van der Waals surface area contributed by atoms with Crippen LogP contribution in [-0.4, -0.2) is 79.1 Å². The minimum Gasteiger partial charge on any atom is -0.463 e. The predicted octanol–water partition coefficient (Wildman–Crippen LogP) is 5.51. The number of benzene rings is 1. The Labute approximate surface area is 336 Å². The van der Waals surface area contributed by atoms with Crippen LogP contribution in [-0.2, 0) is 27.1 Å². The highest BCUT2D eigenvalue weighted by molar-refractivity contribution is 6.33. The van der Waals surface area contributed by atoms with Crippen LogP contribution >= 0.6 is 0 Å². The summed E-state index contributed by atoms with van der Waals surface area (Å²) in [6.07, 6.45) is 16.3. The van der Waals surface area contributed by atoms with E-state index in [-0.39, 0.29) is 54.5 Å². The third kappa shape index (κ3) is 7.59. The summed E-state index contributed by atoms with van der Waals surface area (Å²) in [5.41, 5.74) is 8.19.